The van der Waals surface area contributed by atoms with Gasteiger partial charge in [0.25, 0.3) is 0 Å². The van der Waals surface area contributed by atoms with Gasteiger partial charge in [-0.2, -0.15) is 0 Å². The van der Waals surface area contributed by atoms with E-state index in [2.05, 4.69) is 0 Å². The summed E-state index contributed by atoms with van der Waals surface area (Å²) in [6, 6.07) is 20.5. The lowest BCUT2D eigenvalue weighted by atomic mass is 9.81. The molecule has 25 heavy (non-hydrogen) atoms. The van der Waals surface area contributed by atoms with E-state index in [0.29, 0.717) is 16.9 Å². The van der Waals surface area contributed by atoms with Gasteiger partial charge in [-0.05, 0) is 40.5 Å². The van der Waals surface area contributed by atoms with Crippen LogP contribution in [0.2, 0.25) is 0 Å². The maximum Gasteiger partial charge on any atom is 0.194 e. The summed E-state index contributed by atoms with van der Waals surface area (Å²) in [7, 11) is 1.52. The second kappa shape index (κ2) is 5.95. The van der Waals surface area contributed by atoms with Crippen LogP contribution in [-0.2, 0) is 0 Å². The molecule has 3 aromatic carbocycles. The van der Waals surface area contributed by atoms with Crippen LogP contribution in [-0.4, -0.2) is 18.0 Å². The molecule has 1 N–H and O–H groups in total. The number of ketones is 1. The zero-order chi connectivity index (χ0) is 17.4. The third-order valence-electron chi connectivity index (χ3n) is 4.44. The largest absolute Gasteiger partial charge is 0.504 e. The van der Waals surface area contributed by atoms with Gasteiger partial charge in [0.2, 0.25) is 0 Å². The topological polar surface area (TPSA) is 46.5 Å². The molecule has 0 saturated carbocycles. The molecular formula is C22H16O3. The van der Waals surface area contributed by atoms with Crippen molar-refractivity contribution in [2.24, 2.45) is 0 Å². The van der Waals surface area contributed by atoms with Crippen LogP contribution in [0.15, 0.2) is 66.7 Å². The first-order valence-corrected chi connectivity index (χ1v) is 8.01. The van der Waals surface area contributed by atoms with Crippen LogP contribution in [0.4, 0.5) is 0 Å². The van der Waals surface area contributed by atoms with Gasteiger partial charge >= 0.3 is 0 Å². The quantitative estimate of drug-likeness (QED) is 0.588. The number of hydrogen-bond acceptors (Lipinski definition) is 3. The highest BCUT2D eigenvalue weighted by molar-refractivity contribution is 6.20. The molecule has 0 radical (unpaired) electrons. The van der Waals surface area contributed by atoms with Gasteiger partial charge in [-0.3, -0.25) is 4.79 Å². The summed E-state index contributed by atoms with van der Waals surface area (Å²) in [6.07, 6.45) is 1.99. The molecule has 0 unspecified atom stereocenters. The molecule has 4 rings (SSSR count). The van der Waals surface area contributed by atoms with Gasteiger partial charge in [0.1, 0.15) is 0 Å². The molecule has 0 heterocycles. The lowest BCUT2D eigenvalue weighted by Crippen LogP contribution is -2.14. The Bertz CT molecular complexity index is 964. The summed E-state index contributed by atoms with van der Waals surface area (Å²) in [5, 5.41) is 10.0. The van der Waals surface area contributed by atoms with Crippen LogP contribution in [0.3, 0.4) is 0 Å². The molecule has 0 atom stereocenters. The van der Waals surface area contributed by atoms with E-state index in [9.17, 15) is 9.90 Å². The molecule has 122 valence electrons. The number of methoxy groups -OCH3 is 1. The lowest BCUT2D eigenvalue weighted by molar-refractivity contribution is 0.103. The number of aromatic hydroxyl groups is 1. The summed E-state index contributed by atoms with van der Waals surface area (Å²) in [6.45, 7) is 0. The maximum absolute atomic E-state index is 12.8. The van der Waals surface area contributed by atoms with Gasteiger partial charge in [-0.25, -0.2) is 0 Å². The number of benzene rings is 3. The Morgan fingerprint density at radius 3 is 1.92 bits per heavy atom. The molecule has 1 aliphatic carbocycles. The summed E-state index contributed by atoms with van der Waals surface area (Å²) < 4.78 is 5.10. The zero-order valence-electron chi connectivity index (χ0n) is 13.7. The second-order valence-electron chi connectivity index (χ2n) is 5.91. The first kappa shape index (κ1) is 15.2. The highest BCUT2D eigenvalue weighted by Gasteiger charge is 2.26. The number of fused-ring (bicyclic) bond motifs is 2. The molecule has 1 aliphatic rings. The number of phenols is 1. The molecule has 0 aliphatic heterocycles. The van der Waals surface area contributed by atoms with E-state index in [0.717, 1.165) is 22.3 Å². The molecule has 3 nitrogen and oxygen atoms in total. The van der Waals surface area contributed by atoms with Crippen molar-refractivity contribution in [3.8, 4) is 11.5 Å². The van der Waals surface area contributed by atoms with E-state index in [1.807, 2.05) is 60.7 Å². The Morgan fingerprint density at radius 1 is 0.840 bits per heavy atom. The van der Waals surface area contributed by atoms with Crippen LogP contribution in [0.5, 0.6) is 11.5 Å². The minimum atomic E-state index is 0.0425. The van der Waals surface area contributed by atoms with Crippen LogP contribution in [0, 0.1) is 0 Å². The molecule has 0 bridgehead atoms. The van der Waals surface area contributed by atoms with Crippen molar-refractivity contribution < 1.29 is 14.6 Å². The Balaban J connectivity index is 1.94. The highest BCUT2D eigenvalue weighted by atomic mass is 16.5. The van der Waals surface area contributed by atoms with Gasteiger partial charge in [0.15, 0.2) is 17.3 Å². The monoisotopic (exact) mass is 328 g/mol. The molecule has 0 fully saturated rings. The van der Waals surface area contributed by atoms with Gasteiger partial charge in [0.05, 0.1) is 7.11 Å². The van der Waals surface area contributed by atoms with E-state index in [4.69, 9.17) is 4.74 Å². The fourth-order valence-corrected chi connectivity index (χ4v) is 3.24. The number of hydrogen-bond donors (Lipinski definition) is 1. The molecule has 0 saturated heterocycles. The molecule has 0 amide bonds. The van der Waals surface area contributed by atoms with Crippen molar-refractivity contribution in [1.29, 1.82) is 0 Å². The third kappa shape index (κ3) is 2.50. The Hall–Kier alpha value is -3.33. The van der Waals surface area contributed by atoms with Crippen LogP contribution >= 0.6 is 0 Å². The van der Waals surface area contributed by atoms with Crippen molar-refractivity contribution >= 4 is 17.4 Å². The number of phenolic OH excluding ortho intramolecular Hbond substituents is 1. The van der Waals surface area contributed by atoms with Gasteiger partial charge in [-0.15, -0.1) is 0 Å². The van der Waals surface area contributed by atoms with E-state index >= 15 is 0 Å². The average molecular weight is 328 g/mol. The molecule has 3 heteroatoms. The first-order chi connectivity index (χ1) is 12.2. The Labute approximate surface area is 145 Å². The number of ether oxygens (including phenoxy) is 1. The predicted octanol–water partition coefficient (Wildman–Crippen LogP) is 4.53. The first-order valence-electron chi connectivity index (χ1n) is 8.01. The Morgan fingerprint density at radius 2 is 1.40 bits per heavy atom. The zero-order valence-corrected chi connectivity index (χ0v) is 13.7. The maximum atomic E-state index is 12.8. The summed E-state index contributed by atoms with van der Waals surface area (Å²) in [4.78, 5) is 12.8. The minimum absolute atomic E-state index is 0.0425. The van der Waals surface area contributed by atoms with E-state index < -0.39 is 0 Å². The minimum Gasteiger partial charge on any atom is -0.504 e. The number of carbonyl (C=O) groups excluding carboxylic acids is 1. The van der Waals surface area contributed by atoms with E-state index in [1.165, 1.54) is 7.11 Å². The number of carbonyl (C=O) groups is 1. The molecule has 0 aromatic heterocycles. The fourth-order valence-electron chi connectivity index (χ4n) is 3.24. The van der Waals surface area contributed by atoms with Crippen LogP contribution in [0.1, 0.15) is 32.6 Å². The van der Waals surface area contributed by atoms with Crippen molar-refractivity contribution in [2.75, 3.05) is 7.11 Å². The average Bonchev–Trinajstić information content (AvgIpc) is 2.65. The standard InChI is InChI=1S/C22H16O3/c1-25-21-11-10-14(13-20(21)23)12-19-15-6-2-4-8-17(15)22(24)18-9-5-3-7-16(18)19/h2-13,23H,1H3. The summed E-state index contributed by atoms with van der Waals surface area (Å²) in [5.74, 6) is 0.563. The van der Waals surface area contributed by atoms with Crippen molar-refractivity contribution in [3.05, 3.63) is 94.5 Å². The van der Waals surface area contributed by atoms with Crippen molar-refractivity contribution in [3.63, 3.8) is 0 Å². The van der Waals surface area contributed by atoms with Gasteiger partial charge in [0, 0.05) is 11.1 Å². The van der Waals surface area contributed by atoms with Gasteiger partial charge < -0.3 is 9.84 Å². The molecular weight excluding hydrogens is 312 g/mol. The Kier molecular flexibility index (Phi) is 3.62. The summed E-state index contributed by atoms with van der Waals surface area (Å²) in [5.41, 5.74) is 5.01. The predicted molar refractivity (Wildman–Crippen MR) is 97.9 cm³/mol. The molecule has 3 aromatic rings. The lowest BCUT2D eigenvalue weighted by Gasteiger charge is -2.21. The van der Waals surface area contributed by atoms with Crippen molar-refractivity contribution in [2.45, 2.75) is 0 Å². The fraction of sp³-hybridized carbons (Fsp3) is 0.0455. The second-order valence-corrected chi connectivity index (χ2v) is 5.91. The molecule has 0 spiro atoms. The van der Waals surface area contributed by atoms with Gasteiger partial charge in [-0.1, -0.05) is 54.6 Å². The van der Waals surface area contributed by atoms with E-state index in [1.54, 1.807) is 12.1 Å². The summed E-state index contributed by atoms with van der Waals surface area (Å²) >= 11 is 0. The smallest absolute Gasteiger partial charge is 0.194 e. The SMILES string of the molecule is COc1ccc(C=C2c3ccccc3C(=O)c3ccccc32)cc1O. The van der Waals surface area contributed by atoms with Crippen molar-refractivity contribution in [1.82, 2.24) is 0 Å². The number of rotatable bonds is 2. The van der Waals surface area contributed by atoms with E-state index in [-0.39, 0.29) is 11.5 Å². The third-order valence-corrected chi connectivity index (χ3v) is 4.44. The highest BCUT2D eigenvalue weighted by Crippen LogP contribution is 2.37. The van der Waals surface area contributed by atoms with Crippen LogP contribution in [0.25, 0.3) is 11.6 Å². The van der Waals surface area contributed by atoms with Crippen LogP contribution < -0.4 is 4.74 Å². The normalized spacial score (nSPS) is 12.4.